The number of ether oxygens (including phenoxy) is 1. The molecule has 0 unspecified atom stereocenters. The second-order valence-electron chi connectivity index (χ2n) is 0.289. The minimum Gasteiger partial charge on any atom is -0.557 e. The van der Waals surface area contributed by atoms with Crippen molar-refractivity contribution in [2.45, 2.75) is 7.43 Å². The molecule has 0 aromatic carbocycles. The smallest absolute Gasteiger partial charge is 0.00107 e. The van der Waals surface area contributed by atoms with Crippen LogP contribution in [-0.2, 0) is 4.74 Å². The fourth-order valence-corrected chi connectivity index (χ4v) is 0. The molecule has 0 saturated heterocycles. The fourth-order valence-electron chi connectivity index (χ4n) is 0. The van der Waals surface area contributed by atoms with E-state index in [0.717, 1.165) is 0 Å². The van der Waals surface area contributed by atoms with E-state index in [1.807, 2.05) is 0 Å². The molecule has 0 rings (SSSR count). The zero-order chi connectivity index (χ0) is 2.71. The van der Waals surface area contributed by atoms with Gasteiger partial charge in [-0.1, -0.05) is 7.43 Å². The molecule has 0 amide bonds. The number of hydrogen-bond acceptors (Lipinski definition) is 1. The van der Waals surface area contributed by atoms with Crippen molar-refractivity contribution in [3.05, 3.63) is 7.11 Å². The van der Waals surface area contributed by atoms with Gasteiger partial charge in [-0.15, -0.1) is 0 Å². The lowest BCUT2D eigenvalue weighted by Gasteiger charge is -1.77. The summed E-state index contributed by atoms with van der Waals surface area (Å²) in [6, 6.07) is 0. The van der Waals surface area contributed by atoms with Crippen molar-refractivity contribution in [1.29, 1.82) is 0 Å². The summed E-state index contributed by atoms with van der Waals surface area (Å²) in [5.74, 6) is 0. The Labute approximate surface area is 27.6 Å². The molecule has 0 heterocycles. The molecule has 4 heavy (non-hydrogen) atoms. The van der Waals surface area contributed by atoms with Crippen LogP contribution in [0.1, 0.15) is 7.43 Å². The third-order valence-electron chi connectivity index (χ3n) is 0. The lowest BCUT2D eigenvalue weighted by atomic mass is 11.6. The number of rotatable bonds is 0. The predicted octanol–water partition coefficient (Wildman–Crippen LogP) is 1.06. The highest BCUT2D eigenvalue weighted by Gasteiger charge is 1.10. The Morgan fingerprint density at radius 1 is 1.75 bits per heavy atom. The molecular formula is C3H9O-. The van der Waals surface area contributed by atoms with Gasteiger partial charge in [0.15, 0.2) is 0 Å². The van der Waals surface area contributed by atoms with E-state index in [9.17, 15) is 0 Å². The first-order chi connectivity index (χ1) is 1.41. The average Bonchev–Trinajstić information content (AvgIpc) is 0.918. The minimum absolute atomic E-state index is 0. The minimum atomic E-state index is 0. The molecule has 1 heteroatoms. The van der Waals surface area contributed by atoms with E-state index in [4.69, 9.17) is 0 Å². The first-order valence-electron chi connectivity index (χ1n) is 0.697. The van der Waals surface area contributed by atoms with Crippen molar-refractivity contribution in [3.8, 4) is 0 Å². The summed E-state index contributed by atoms with van der Waals surface area (Å²) < 4.78 is 4.00. The third-order valence-corrected chi connectivity index (χ3v) is 0. The van der Waals surface area contributed by atoms with Crippen LogP contribution < -0.4 is 0 Å². The standard InChI is InChI=1S/C2H5O.CH4/c1-3-2;/h1H2,2H3;1H4/q-1;. The molecule has 0 aliphatic heterocycles. The van der Waals surface area contributed by atoms with Crippen molar-refractivity contribution < 1.29 is 4.74 Å². The van der Waals surface area contributed by atoms with Crippen LogP contribution in [0.15, 0.2) is 0 Å². The average molecular weight is 61.1 g/mol. The van der Waals surface area contributed by atoms with Gasteiger partial charge in [-0.05, 0) is 7.11 Å². The lowest BCUT2D eigenvalue weighted by molar-refractivity contribution is 0.329. The van der Waals surface area contributed by atoms with E-state index < -0.39 is 0 Å². The maximum Gasteiger partial charge on any atom is -0.00107 e. The van der Waals surface area contributed by atoms with Gasteiger partial charge in [0.2, 0.25) is 0 Å². The van der Waals surface area contributed by atoms with Crippen LogP contribution in [0.4, 0.5) is 0 Å². The summed E-state index contributed by atoms with van der Waals surface area (Å²) in [4.78, 5) is 0. The van der Waals surface area contributed by atoms with Crippen molar-refractivity contribution in [2.75, 3.05) is 7.11 Å². The Hall–Kier alpha value is -0.0400. The summed E-state index contributed by atoms with van der Waals surface area (Å²) in [5.41, 5.74) is 0. The largest absolute Gasteiger partial charge is 0.557 e. The van der Waals surface area contributed by atoms with Crippen LogP contribution in [-0.4, -0.2) is 7.11 Å². The van der Waals surface area contributed by atoms with E-state index >= 15 is 0 Å². The molecule has 0 aliphatic rings. The van der Waals surface area contributed by atoms with Gasteiger partial charge >= 0.3 is 0 Å². The molecule has 0 radical (unpaired) electrons. The molecule has 28 valence electrons. The molecular weight excluding hydrogens is 52.0 g/mol. The maximum absolute atomic E-state index is 4.00. The molecule has 0 atom stereocenters. The maximum atomic E-state index is 4.00. The summed E-state index contributed by atoms with van der Waals surface area (Å²) in [5, 5.41) is 0. The van der Waals surface area contributed by atoms with Crippen LogP contribution in [0, 0.1) is 7.11 Å². The molecule has 0 spiro atoms. The highest BCUT2D eigenvalue weighted by atomic mass is 16.4. The lowest BCUT2D eigenvalue weighted by Crippen LogP contribution is -1.49. The Morgan fingerprint density at radius 3 is 1.75 bits per heavy atom. The van der Waals surface area contributed by atoms with Gasteiger partial charge in [0.05, 0.1) is 0 Å². The first-order valence-corrected chi connectivity index (χ1v) is 0.697. The molecule has 0 saturated carbocycles. The second kappa shape index (κ2) is 12.3. The van der Waals surface area contributed by atoms with E-state index in [1.165, 1.54) is 7.11 Å². The Balaban J connectivity index is 0. The highest BCUT2D eigenvalue weighted by Crippen LogP contribution is 1.36. The molecule has 0 aromatic heterocycles. The van der Waals surface area contributed by atoms with Crippen molar-refractivity contribution in [3.63, 3.8) is 0 Å². The monoisotopic (exact) mass is 61.1 g/mol. The topological polar surface area (TPSA) is 9.23 Å². The SMILES string of the molecule is C.[CH2-]OC. The van der Waals surface area contributed by atoms with Crippen LogP contribution in [0.25, 0.3) is 0 Å². The number of methoxy groups -OCH3 is 1. The van der Waals surface area contributed by atoms with Gasteiger partial charge in [0.25, 0.3) is 0 Å². The van der Waals surface area contributed by atoms with E-state index in [1.54, 1.807) is 0 Å². The van der Waals surface area contributed by atoms with Gasteiger partial charge in [0, 0.05) is 0 Å². The molecule has 0 N–H and O–H groups in total. The van der Waals surface area contributed by atoms with Crippen molar-refractivity contribution >= 4 is 0 Å². The van der Waals surface area contributed by atoms with Crippen molar-refractivity contribution in [1.82, 2.24) is 0 Å². The Kier molecular flexibility index (Phi) is 27.9. The molecule has 0 fully saturated rings. The molecule has 1 nitrogen and oxygen atoms in total. The Bertz CT molecular complexity index is 3.25. The predicted molar refractivity (Wildman–Crippen MR) is 19.1 cm³/mol. The van der Waals surface area contributed by atoms with Gasteiger partial charge in [-0.2, -0.15) is 0 Å². The molecule has 0 aliphatic carbocycles. The van der Waals surface area contributed by atoms with Gasteiger partial charge in [-0.3, -0.25) is 0 Å². The van der Waals surface area contributed by atoms with Gasteiger partial charge < -0.3 is 4.74 Å². The van der Waals surface area contributed by atoms with Crippen LogP contribution in [0.5, 0.6) is 0 Å². The van der Waals surface area contributed by atoms with Crippen molar-refractivity contribution in [2.24, 2.45) is 0 Å². The zero-order valence-electron chi connectivity index (χ0n) is 2.12. The normalized spacial score (nSPS) is 4.50. The van der Waals surface area contributed by atoms with Gasteiger partial charge in [0.1, 0.15) is 0 Å². The van der Waals surface area contributed by atoms with Gasteiger partial charge in [-0.25, -0.2) is 7.11 Å². The number of hydrogen-bond donors (Lipinski definition) is 0. The van der Waals surface area contributed by atoms with E-state index in [0.29, 0.717) is 0 Å². The molecule has 0 aromatic rings. The molecule has 0 bridgehead atoms. The summed E-state index contributed by atoms with van der Waals surface area (Å²) in [6.07, 6.45) is 0. The third kappa shape index (κ3) is 1130. The van der Waals surface area contributed by atoms with E-state index in [2.05, 4.69) is 11.8 Å². The van der Waals surface area contributed by atoms with Crippen LogP contribution >= 0.6 is 0 Å². The zero-order valence-corrected chi connectivity index (χ0v) is 2.12. The second-order valence-corrected chi connectivity index (χ2v) is 0.289. The summed E-state index contributed by atoms with van der Waals surface area (Å²) >= 11 is 0. The van der Waals surface area contributed by atoms with Crippen LogP contribution in [0.3, 0.4) is 0 Å². The van der Waals surface area contributed by atoms with E-state index in [-0.39, 0.29) is 7.43 Å². The Morgan fingerprint density at radius 2 is 1.75 bits per heavy atom. The summed E-state index contributed by atoms with van der Waals surface area (Å²) in [7, 11) is 4.50. The summed E-state index contributed by atoms with van der Waals surface area (Å²) in [6.45, 7) is 0. The quantitative estimate of drug-likeness (QED) is 0.380. The first kappa shape index (κ1) is 9.03. The van der Waals surface area contributed by atoms with Crippen LogP contribution in [0.2, 0.25) is 0 Å². The highest BCUT2D eigenvalue weighted by molar-refractivity contribution is 3.81. The fraction of sp³-hybridized carbons (Fsp3) is 0.667.